The van der Waals surface area contributed by atoms with Gasteiger partial charge in [-0.05, 0) is 48.9 Å². The quantitative estimate of drug-likeness (QED) is 0.505. The van der Waals surface area contributed by atoms with Crippen LogP contribution in [0.2, 0.25) is 5.02 Å². The fourth-order valence-electron chi connectivity index (χ4n) is 1.78. The molecule has 0 heterocycles. The minimum absolute atomic E-state index is 0.333. The van der Waals surface area contributed by atoms with E-state index < -0.39 is 0 Å². The van der Waals surface area contributed by atoms with Gasteiger partial charge in [0.25, 0.3) is 5.91 Å². The maximum absolute atomic E-state index is 11.9. The van der Waals surface area contributed by atoms with Crippen molar-refractivity contribution in [1.82, 2.24) is 5.43 Å². The number of nitrogen functional groups attached to an aromatic ring is 1. The van der Waals surface area contributed by atoms with E-state index >= 15 is 0 Å². The summed E-state index contributed by atoms with van der Waals surface area (Å²) in [7, 11) is 0. The minimum Gasteiger partial charge on any atom is -0.492 e. The summed E-state index contributed by atoms with van der Waals surface area (Å²) in [4.78, 5) is 11.9. The van der Waals surface area contributed by atoms with Crippen molar-refractivity contribution in [2.75, 3.05) is 12.3 Å². The van der Waals surface area contributed by atoms with Crippen LogP contribution in [0.25, 0.3) is 0 Å². The van der Waals surface area contributed by atoms with Gasteiger partial charge in [-0.3, -0.25) is 4.79 Å². The van der Waals surface area contributed by atoms with Gasteiger partial charge in [-0.15, -0.1) is 0 Å². The number of hydrazone groups is 1. The molecule has 0 unspecified atom stereocenters. The zero-order chi connectivity index (χ0) is 15.9. The molecule has 0 bridgehead atoms. The monoisotopic (exact) mass is 317 g/mol. The summed E-state index contributed by atoms with van der Waals surface area (Å²) in [5.74, 6) is 0.283. The SMILES string of the molecule is CCOc1ccc(/C=N\NC(=O)c2cccc(N)c2)cc1Cl. The first kappa shape index (κ1) is 15.9. The fourth-order valence-corrected chi connectivity index (χ4v) is 2.02. The lowest BCUT2D eigenvalue weighted by Crippen LogP contribution is -2.17. The molecule has 0 saturated heterocycles. The lowest BCUT2D eigenvalue weighted by molar-refractivity contribution is 0.0955. The number of carbonyl (C=O) groups excluding carboxylic acids is 1. The van der Waals surface area contributed by atoms with Gasteiger partial charge >= 0.3 is 0 Å². The third-order valence-electron chi connectivity index (χ3n) is 2.78. The Balaban J connectivity index is 2.00. The van der Waals surface area contributed by atoms with E-state index in [0.29, 0.717) is 28.6 Å². The first-order chi connectivity index (χ1) is 10.6. The van der Waals surface area contributed by atoms with Gasteiger partial charge in [0.15, 0.2) is 0 Å². The zero-order valence-corrected chi connectivity index (χ0v) is 12.8. The molecule has 114 valence electrons. The molecule has 2 rings (SSSR count). The third-order valence-corrected chi connectivity index (χ3v) is 3.08. The van der Waals surface area contributed by atoms with Crippen molar-refractivity contribution in [3.8, 4) is 5.75 Å². The second-order valence-corrected chi connectivity index (χ2v) is 4.85. The molecule has 2 aromatic rings. The highest BCUT2D eigenvalue weighted by Gasteiger charge is 2.04. The van der Waals surface area contributed by atoms with E-state index in [0.717, 1.165) is 5.56 Å². The largest absolute Gasteiger partial charge is 0.492 e. The molecule has 2 aromatic carbocycles. The number of nitrogens with two attached hydrogens (primary N) is 1. The van der Waals surface area contributed by atoms with Crippen LogP contribution < -0.4 is 15.9 Å². The van der Waals surface area contributed by atoms with E-state index in [2.05, 4.69) is 10.5 Å². The fraction of sp³-hybridized carbons (Fsp3) is 0.125. The molecule has 5 nitrogen and oxygen atoms in total. The van der Waals surface area contributed by atoms with Crippen LogP contribution in [0, 0.1) is 0 Å². The van der Waals surface area contributed by atoms with Gasteiger partial charge in [-0.25, -0.2) is 5.43 Å². The lowest BCUT2D eigenvalue weighted by atomic mass is 10.2. The van der Waals surface area contributed by atoms with Crippen LogP contribution in [-0.2, 0) is 0 Å². The van der Waals surface area contributed by atoms with Crippen molar-refractivity contribution in [2.45, 2.75) is 6.92 Å². The molecule has 6 heteroatoms. The second kappa shape index (κ2) is 7.47. The Morgan fingerprint density at radius 2 is 2.18 bits per heavy atom. The number of halogens is 1. The van der Waals surface area contributed by atoms with Gasteiger partial charge in [0, 0.05) is 11.3 Å². The van der Waals surface area contributed by atoms with Crippen LogP contribution >= 0.6 is 11.6 Å². The Kier molecular flexibility index (Phi) is 5.38. The first-order valence-electron chi connectivity index (χ1n) is 6.71. The van der Waals surface area contributed by atoms with Crippen LogP contribution in [0.15, 0.2) is 47.6 Å². The smallest absolute Gasteiger partial charge is 0.271 e. The van der Waals surface area contributed by atoms with Gasteiger partial charge in [0.05, 0.1) is 17.8 Å². The third kappa shape index (κ3) is 4.23. The van der Waals surface area contributed by atoms with E-state index in [1.807, 2.05) is 6.92 Å². The van der Waals surface area contributed by atoms with E-state index in [1.54, 1.807) is 42.5 Å². The highest BCUT2D eigenvalue weighted by Crippen LogP contribution is 2.24. The molecule has 3 N–H and O–H groups in total. The molecule has 1 amide bonds. The summed E-state index contributed by atoms with van der Waals surface area (Å²) in [6.45, 7) is 2.43. The van der Waals surface area contributed by atoms with Gasteiger partial charge in [0.1, 0.15) is 5.75 Å². The van der Waals surface area contributed by atoms with Gasteiger partial charge < -0.3 is 10.5 Å². The molecular formula is C16H16ClN3O2. The van der Waals surface area contributed by atoms with Crippen molar-refractivity contribution >= 4 is 29.4 Å². The van der Waals surface area contributed by atoms with Crippen LogP contribution in [0.3, 0.4) is 0 Å². The topological polar surface area (TPSA) is 76.7 Å². The number of nitrogens with zero attached hydrogens (tertiary/aromatic N) is 1. The van der Waals surface area contributed by atoms with Crippen LogP contribution in [0.1, 0.15) is 22.8 Å². The normalized spacial score (nSPS) is 10.6. The first-order valence-corrected chi connectivity index (χ1v) is 7.09. The van der Waals surface area contributed by atoms with Crippen molar-refractivity contribution in [2.24, 2.45) is 5.10 Å². The number of hydrogen-bond donors (Lipinski definition) is 2. The number of carbonyl (C=O) groups is 1. The summed E-state index contributed by atoms with van der Waals surface area (Å²) >= 11 is 6.08. The standard InChI is InChI=1S/C16H16ClN3O2/c1-2-22-15-7-6-11(8-14(15)17)10-19-20-16(21)12-4-3-5-13(18)9-12/h3-10H,2,18H2,1H3,(H,20,21)/b19-10-. The molecule has 0 aliphatic heterocycles. The average Bonchev–Trinajstić information content (AvgIpc) is 2.50. The number of rotatable bonds is 5. The number of anilines is 1. The van der Waals surface area contributed by atoms with E-state index in [-0.39, 0.29) is 5.91 Å². The Morgan fingerprint density at radius 1 is 1.36 bits per heavy atom. The summed E-state index contributed by atoms with van der Waals surface area (Å²) in [6.07, 6.45) is 1.51. The molecule has 0 aliphatic carbocycles. The molecule has 0 atom stereocenters. The number of amides is 1. The van der Waals surface area contributed by atoms with E-state index in [4.69, 9.17) is 22.1 Å². The number of hydrogen-bond acceptors (Lipinski definition) is 4. The van der Waals surface area contributed by atoms with Crippen molar-refractivity contribution in [1.29, 1.82) is 0 Å². The van der Waals surface area contributed by atoms with Crippen molar-refractivity contribution in [3.63, 3.8) is 0 Å². The second-order valence-electron chi connectivity index (χ2n) is 4.45. The Bertz CT molecular complexity index is 702. The maximum Gasteiger partial charge on any atom is 0.271 e. The molecule has 0 fully saturated rings. The summed E-state index contributed by atoms with van der Waals surface area (Å²) in [5, 5.41) is 4.39. The molecule has 0 aliphatic rings. The molecule has 0 radical (unpaired) electrons. The Morgan fingerprint density at radius 3 is 2.86 bits per heavy atom. The number of ether oxygens (including phenoxy) is 1. The van der Waals surface area contributed by atoms with Crippen LogP contribution in [-0.4, -0.2) is 18.7 Å². The predicted octanol–water partition coefficient (Wildman–Crippen LogP) is 3.08. The average molecular weight is 318 g/mol. The van der Waals surface area contributed by atoms with Crippen LogP contribution in [0.5, 0.6) is 5.75 Å². The predicted molar refractivity (Wildman–Crippen MR) is 88.5 cm³/mol. The molecule has 0 aromatic heterocycles. The molecule has 22 heavy (non-hydrogen) atoms. The Hall–Kier alpha value is -2.53. The van der Waals surface area contributed by atoms with E-state index in [9.17, 15) is 4.79 Å². The van der Waals surface area contributed by atoms with Crippen molar-refractivity contribution in [3.05, 3.63) is 58.6 Å². The summed E-state index contributed by atoms with van der Waals surface area (Å²) in [5.41, 5.74) is 9.78. The Labute approximate surface area is 133 Å². The van der Waals surface area contributed by atoms with Crippen molar-refractivity contribution < 1.29 is 9.53 Å². The van der Waals surface area contributed by atoms with Gasteiger partial charge in [-0.2, -0.15) is 5.10 Å². The van der Waals surface area contributed by atoms with Gasteiger partial charge in [-0.1, -0.05) is 17.7 Å². The number of nitrogens with one attached hydrogen (secondary N) is 1. The van der Waals surface area contributed by atoms with E-state index in [1.165, 1.54) is 6.21 Å². The number of benzene rings is 2. The molecule has 0 saturated carbocycles. The highest BCUT2D eigenvalue weighted by molar-refractivity contribution is 6.32. The molecule has 0 spiro atoms. The lowest BCUT2D eigenvalue weighted by Gasteiger charge is -2.05. The zero-order valence-electron chi connectivity index (χ0n) is 12.0. The minimum atomic E-state index is -0.333. The maximum atomic E-state index is 11.9. The van der Waals surface area contributed by atoms with Gasteiger partial charge in [0.2, 0.25) is 0 Å². The molecular weight excluding hydrogens is 302 g/mol. The van der Waals surface area contributed by atoms with Crippen LogP contribution in [0.4, 0.5) is 5.69 Å². The highest BCUT2D eigenvalue weighted by atomic mass is 35.5. The summed E-state index contributed by atoms with van der Waals surface area (Å²) < 4.78 is 5.35. The summed E-state index contributed by atoms with van der Waals surface area (Å²) in [6, 6.07) is 11.9.